The van der Waals surface area contributed by atoms with E-state index < -0.39 is 0 Å². The SMILES string of the molecule is CCN(CC(C)C#N)C(=O)c1cc2cc(N)ccc2o1. The summed E-state index contributed by atoms with van der Waals surface area (Å²) in [6, 6.07) is 9.06. The fourth-order valence-electron chi connectivity index (χ4n) is 2.05. The number of amides is 1. The average molecular weight is 271 g/mol. The van der Waals surface area contributed by atoms with E-state index in [4.69, 9.17) is 15.4 Å². The Kier molecular flexibility index (Phi) is 3.94. The maximum Gasteiger partial charge on any atom is 0.289 e. The topological polar surface area (TPSA) is 83.3 Å². The van der Waals surface area contributed by atoms with Gasteiger partial charge in [0.25, 0.3) is 5.91 Å². The summed E-state index contributed by atoms with van der Waals surface area (Å²) in [6.07, 6.45) is 0. The van der Waals surface area contributed by atoms with Gasteiger partial charge in [-0.2, -0.15) is 5.26 Å². The van der Waals surface area contributed by atoms with Gasteiger partial charge in [-0.15, -0.1) is 0 Å². The first-order valence-electron chi connectivity index (χ1n) is 6.53. The quantitative estimate of drug-likeness (QED) is 0.866. The first-order chi connectivity index (χ1) is 9.55. The van der Waals surface area contributed by atoms with Crippen LogP contribution in [0.15, 0.2) is 28.7 Å². The zero-order chi connectivity index (χ0) is 14.7. The number of fused-ring (bicyclic) bond motifs is 1. The molecule has 0 aliphatic rings. The van der Waals surface area contributed by atoms with Crippen molar-refractivity contribution >= 4 is 22.6 Å². The highest BCUT2D eigenvalue weighted by Gasteiger charge is 2.20. The first kappa shape index (κ1) is 13.9. The van der Waals surface area contributed by atoms with Crippen LogP contribution in [0.25, 0.3) is 11.0 Å². The second-order valence-corrected chi connectivity index (χ2v) is 4.78. The zero-order valence-electron chi connectivity index (χ0n) is 11.6. The average Bonchev–Trinajstić information content (AvgIpc) is 2.86. The van der Waals surface area contributed by atoms with Crippen LogP contribution in [0.1, 0.15) is 24.4 Å². The van der Waals surface area contributed by atoms with Crippen LogP contribution >= 0.6 is 0 Å². The lowest BCUT2D eigenvalue weighted by molar-refractivity contribution is 0.0723. The number of benzene rings is 1. The minimum atomic E-state index is -0.209. The number of anilines is 1. The van der Waals surface area contributed by atoms with Gasteiger partial charge < -0.3 is 15.1 Å². The monoisotopic (exact) mass is 271 g/mol. The molecule has 5 nitrogen and oxygen atoms in total. The Labute approximate surface area is 117 Å². The molecule has 0 saturated carbocycles. The zero-order valence-corrected chi connectivity index (χ0v) is 11.6. The molecule has 1 aromatic carbocycles. The van der Waals surface area contributed by atoms with Gasteiger partial charge in [0.1, 0.15) is 5.58 Å². The predicted octanol–water partition coefficient (Wildman–Crippen LogP) is 2.64. The molecule has 1 amide bonds. The third-order valence-corrected chi connectivity index (χ3v) is 3.13. The number of rotatable bonds is 4. The second-order valence-electron chi connectivity index (χ2n) is 4.78. The molecule has 0 aliphatic carbocycles. The molecule has 1 aromatic heterocycles. The Bertz CT molecular complexity index is 669. The van der Waals surface area contributed by atoms with Gasteiger partial charge >= 0.3 is 0 Å². The van der Waals surface area contributed by atoms with Gasteiger partial charge in [0, 0.05) is 24.2 Å². The molecule has 2 aromatic rings. The van der Waals surface area contributed by atoms with Gasteiger partial charge in [0.05, 0.1) is 12.0 Å². The summed E-state index contributed by atoms with van der Waals surface area (Å²) in [5, 5.41) is 9.65. The summed E-state index contributed by atoms with van der Waals surface area (Å²) < 4.78 is 5.55. The van der Waals surface area contributed by atoms with Crippen molar-refractivity contribution in [2.24, 2.45) is 5.92 Å². The summed E-state index contributed by atoms with van der Waals surface area (Å²) in [6.45, 7) is 4.59. The molecule has 104 valence electrons. The van der Waals surface area contributed by atoms with Crippen LogP contribution < -0.4 is 5.73 Å². The van der Waals surface area contributed by atoms with E-state index in [0.717, 1.165) is 5.39 Å². The van der Waals surface area contributed by atoms with Crippen molar-refractivity contribution in [3.63, 3.8) is 0 Å². The van der Waals surface area contributed by atoms with Crippen molar-refractivity contribution in [1.82, 2.24) is 4.90 Å². The summed E-state index contributed by atoms with van der Waals surface area (Å²) in [5.41, 5.74) is 6.97. The molecule has 5 heteroatoms. The van der Waals surface area contributed by atoms with E-state index in [1.165, 1.54) is 0 Å². The molecule has 20 heavy (non-hydrogen) atoms. The highest BCUT2D eigenvalue weighted by molar-refractivity contribution is 5.96. The highest BCUT2D eigenvalue weighted by atomic mass is 16.3. The number of hydrogen-bond acceptors (Lipinski definition) is 4. The number of carbonyl (C=O) groups excluding carboxylic acids is 1. The molecule has 0 spiro atoms. The van der Waals surface area contributed by atoms with Crippen molar-refractivity contribution < 1.29 is 9.21 Å². The van der Waals surface area contributed by atoms with E-state index in [1.807, 2.05) is 6.92 Å². The number of hydrogen-bond donors (Lipinski definition) is 1. The molecule has 2 N–H and O–H groups in total. The number of carbonyl (C=O) groups is 1. The summed E-state index contributed by atoms with van der Waals surface area (Å²) >= 11 is 0. The van der Waals surface area contributed by atoms with E-state index in [1.54, 1.807) is 36.1 Å². The minimum Gasteiger partial charge on any atom is -0.451 e. The van der Waals surface area contributed by atoms with Crippen LogP contribution in [0.4, 0.5) is 5.69 Å². The molecule has 1 atom stereocenters. The van der Waals surface area contributed by atoms with Gasteiger partial charge in [-0.1, -0.05) is 0 Å². The van der Waals surface area contributed by atoms with Gasteiger partial charge in [-0.25, -0.2) is 0 Å². The normalized spacial score (nSPS) is 12.1. The molecule has 1 unspecified atom stereocenters. The Morgan fingerprint density at radius 2 is 2.25 bits per heavy atom. The molecule has 0 bridgehead atoms. The van der Waals surface area contributed by atoms with Gasteiger partial charge in [-0.05, 0) is 38.1 Å². The highest BCUT2D eigenvalue weighted by Crippen LogP contribution is 2.22. The van der Waals surface area contributed by atoms with E-state index in [9.17, 15) is 4.79 Å². The molecule has 0 fully saturated rings. The Morgan fingerprint density at radius 3 is 2.90 bits per heavy atom. The van der Waals surface area contributed by atoms with Gasteiger partial charge in [0.15, 0.2) is 5.76 Å². The smallest absolute Gasteiger partial charge is 0.289 e. The lowest BCUT2D eigenvalue weighted by Crippen LogP contribution is -2.34. The van der Waals surface area contributed by atoms with E-state index in [0.29, 0.717) is 24.4 Å². The molecule has 0 radical (unpaired) electrons. The van der Waals surface area contributed by atoms with Crippen LogP contribution in [0.5, 0.6) is 0 Å². The molecule has 2 rings (SSSR count). The van der Waals surface area contributed by atoms with Crippen molar-refractivity contribution in [1.29, 1.82) is 5.26 Å². The van der Waals surface area contributed by atoms with E-state index in [2.05, 4.69) is 6.07 Å². The van der Waals surface area contributed by atoms with Crippen LogP contribution in [0.2, 0.25) is 0 Å². The van der Waals surface area contributed by atoms with Gasteiger partial charge in [0.2, 0.25) is 0 Å². The molecule has 0 saturated heterocycles. The fraction of sp³-hybridized carbons (Fsp3) is 0.333. The van der Waals surface area contributed by atoms with Crippen LogP contribution in [-0.2, 0) is 0 Å². The molecule has 0 aliphatic heterocycles. The number of nitrogens with two attached hydrogens (primary N) is 1. The largest absolute Gasteiger partial charge is 0.451 e. The number of nitriles is 1. The molecule has 1 heterocycles. The third kappa shape index (κ3) is 2.75. The second kappa shape index (κ2) is 5.66. The Hall–Kier alpha value is -2.48. The Balaban J connectivity index is 2.27. The van der Waals surface area contributed by atoms with Crippen LogP contribution in [0, 0.1) is 17.2 Å². The van der Waals surface area contributed by atoms with Crippen molar-refractivity contribution in [3.05, 3.63) is 30.0 Å². The number of furan rings is 1. The van der Waals surface area contributed by atoms with Crippen molar-refractivity contribution in [2.45, 2.75) is 13.8 Å². The van der Waals surface area contributed by atoms with E-state index >= 15 is 0 Å². The molecular formula is C15H17N3O2. The standard InChI is InChI=1S/C15H17N3O2/c1-3-18(9-10(2)8-16)15(19)14-7-11-6-12(17)4-5-13(11)20-14/h4-7,10H,3,9,17H2,1-2H3. The number of nitrogens with zero attached hydrogens (tertiary/aromatic N) is 2. The first-order valence-corrected chi connectivity index (χ1v) is 6.53. The fourth-order valence-corrected chi connectivity index (χ4v) is 2.05. The summed E-state index contributed by atoms with van der Waals surface area (Å²) in [7, 11) is 0. The van der Waals surface area contributed by atoms with E-state index in [-0.39, 0.29) is 17.6 Å². The predicted molar refractivity (Wildman–Crippen MR) is 77.0 cm³/mol. The van der Waals surface area contributed by atoms with Gasteiger partial charge in [-0.3, -0.25) is 4.79 Å². The lowest BCUT2D eigenvalue weighted by atomic mass is 10.2. The maximum atomic E-state index is 12.4. The lowest BCUT2D eigenvalue weighted by Gasteiger charge is -2.20. The maximum absolute atomic E-state index is 12.4. The number of nitrogen functional groups attached to an aromatic ring is 1. The molecular weight excluding hydrogens is 254 g/mol. The third-order valence-electron chi connectivity index (χ3n) is 3.13. The summed E-state index contributed by atoms with van der Waals surface area (Å²) in [4.78, 5) is 14.0. The van der Waals surface area contributed by atoms with Crippen molar-refractivity contribution in [3.8, 4) is 6.07 Å². The van der Waals surface area contributed by atoms with Crippen LogP contribution in [-0.4, -0.2) is 23.9 Å². The van der Waals surface area contributed by atoms with Crippen molar-refractivity contribution in [2.75, 3.05) is 18.8 Å². The minimum absolute atomic E-state index is 0.204. The summed E-state index contributed by atoms with van der Waals surface area (Å²) in [5.74, 6) is -0.138. The Morgan fingerprint density at radius 1 is 1.50 bits per heavy atom. The van der Waals surface area contributed by atoms with Crippen LogP contribution in [0.3, 0.4) is 0 Å².